The van der Waals surface area contributed by atoms with Crippen LogP contribution in [0, 0.1) is 3.57 Å². The highest BCUT2D eigenvalue weighted by Gasteiger charge is 2.41. The van der Waals surface area contributed by atoms with Gasteiger partial charge in [0.1, 0.15) is 11.2 Å². The molecule has 0 fully saturated rings. The third kappa shape index (κ3) is 2.95. The Morgan fingerprint density at radius 1 is 1.00 bits per heavy atom. The second-order valence-electron chi connectivity index (χ2n) is 4.72. The predicted octanol–water partition coefficient (Wildman–Crippen LogP) is 3.16. The molecule has 0 aromatic heterocycles. The lowest BCUT2D eigenvalue weighted by Crippen LogP contribution is -2.50. The fourth-order valence-corrected chi connectivity index (χ4v) is 3.73. The highest BCUT2D eigenvalue weighted by Crippen LogP contribution is 2.35. The van der Waals surface area contributed by atoms with Crippen molar-refractivity contribution in [1.29, 1.82) is 0 Å². The maximum Gasteiger partial charge on any atom is 0.120 e. The summed E-state index contributed by atoms with van der Waals surface area (Å²) in [7, 11) is 1.60. The van der Waals surface area contributed by atoms with E-state index in [0.717, 1.165) is 14.7 Å². The smallest absolute Gasteiger partial charge is 0.120 e. The molecule has 3 nitrogen and oxygen atoms in total. The second kappa shape index (κ2) is 6.89. The minimum Gasteiger partial charge on any atom is -0.497 e. The molecule has 2 aromatic carbocycles. The Morgan fingerprint density at radius 2 is 1.55 bits per heavy atom. The first-order valence-corrected chi connectivity index (χ1v) is 8.32. The number of ether oxygens (including phenoxy) is 1. The van der Waals surface area contributed by atoms with Crippen molar-refractivity contribution in [2.75, 3.05) is 7.11 Å². The normalized spacial score (nSPS) is 11.0. The van der Waals surface area contributed by atoms with Crippen molar-refractivity contribution in [2.24, 2.45) is 11.5 Å². The Balaban J connectivity index is 2.80. The molecule has 2 aromatic rings. The molecule has 0 heterocycles. The molecule has 0 aliphatic heterocycles. The van der Waals surface area contributed by atoms with Crippen LogP contribution >= 0.6 is 47.0 Å². The van der Waals surface area contributed by atoms with Crippen molar-refractivity contribution >= 4 is 57.0 Å². The van der Waals surface area contributed by atoms with Crippen molar-refractivity contribution in [2.45, 2.75) is 5.41 Å². The van der Waals surface area contributed by atoms with E-state index in [2.05, 4.69) is 22.6 Å². The highest BCUT2D eigenvalue weighted by atomic mass is 127. The first-order chi connectivity index (χ1) is 10.4. The molecular formula is C16H15IN2OS2. The van der Waals surface area contributed by atoms with Gasteiger partial charge in [-0.3, -0.25) is 0 Å². The first kappa shape index (κ1) is 17.1. The van der Waals surface area contributed by atoms with E-state index in [1.165, 1.54) is 0 Å². The quantitative estimate of drug-likeness (QED) is 0.551. The molecular weight excluding hydrogens is 427 g/mol. The molecule has 0 saturated heterocycles. The summed E-state index contributed by atoms with van der Waals surface area (Å²) >= 11 is 13.0. The monoisotopic (exact) mass is 442 g/mol. The maximum atomic E-state index is 6.10. The number of benzene rings is 2. The third-order valence-corrected chi connectivity index (χ3v) is 4.78. The van der Waals surface area contributed by atoms with E-state index in [0.29, 0.717) is 5.75 Å². The van der Waals surface area contributed by atoms with Crippen molar-refractivity contribution in [3.8, 4) is 5.75 Å². The van der Waals surface area contributed by atoms with Gasteiger partial charge in [0.25, 0.3) is 0 Å². The lowest BCUT2D eigenvalue weighted by Gasteiger charge is -2.33. The Bertz CT molecular complexity index is 720. The summed E-state index contributed by atoms with van der Waals surface area (Å²) < 4.78 is 6.35. The Morgan fingerprint density at radius 3 is 2.05 bits per heavy atom. The average molecular weight is 442 g/mol. The van der Waals surface area contributed by atoms with E-state index in [9.17, 15) is 0 Å². The fraction of sp³-hybridized carbons (Fsp3) is 0.125. The van der Waals surface area contributed by atoms with Crippen molar-refractivity contribution < 1.29 is 4.74 Å². The molecule has 0 amide bonds. The van der Waals surface area contributed by atoms with Gasteiger partial charge in [-0.1, -0.05) is 48.7 Å². The van der Waals surface area contributed by atoms with Crippen molar-refractivity contribution in [3.05, 3.63) is 63.2 Å². The Hall–Kier alpha value is -1.25. The van der Waals surface area contributed by atoms with E-state index >= 15 is 0 Å². The highest BCUT2D eigenvalue weighted by molar-refractivity contribution is 14.1. The minimum atomic E-state index is -1.000. The number of rotatable bonds is 5. The third-order valence-electron chi connectivity index (χ3n) is 3.50. The SMILES string of the molecule is COc1cccc(C(C(N)=S)(C(N)=S)c2cccc(I)c2)c1. The Kier molecular flexibility index (Phi) is 5.36. The van der Waals surface area contributed by atoms with E-state index in [-0.39, 0.29) is 9.98 Å². The standard InChI is InChI=1S/C16H15IN2OS2/c1-20-13-7-3-5-11(9-13)16(14(18)21,15(19)22)10-4-2-6-12(17)8-10/h2-9H,1H3,(H2,18,21)(H2,19,22). The van der Waals surface area contributed by atoms with Gasteiger partial charge in [0.05, 0.1) is 17.1 Å². The van der Waals surface area contributed by atoms with Crippen LogP contribution in [0.2, 0.25) is 0 Å². The van der Waals surface area contributed by atoms with Crippen LogP contribution in [-0.4, -0.2) is 17.1 Å². The topological polar surface area (TPSA) is 61.3 Å². The van der Waals surface area contributed by atoms with Crippen LogP contribution in [0.15, 0.2) is 48.5 Å². The molecule has 0 aliphatic rings. The number of hydrogen-bond acceptors (Lipinski definition) is 3. The summed E-state index contributed by atoms with van der Waals surface area (Å²) in [6.07, 6.45) is 0. The largest absolute Gasteiger partial charge is 0.497 e. The predicted molar refractivity (Wildman–Crippen MR) is 107 cm³/mol. The lowest BCUT2D eigenvalue weighted by molar-refractivity contribution is 0.414. The zero-order valence-electron chi connectivity index (χ0n) is 11.9. The van der Waals surface area contributed by atoms with E-state index in [1.807, 2.05) is 48.5 Å². The van der Waals surface area contributed by atoms with Crippen LogP contribution in [-0.2, 0) is 5.41 Å². The Labute approximate surface area is 154 Å². The summed E-state index contributed by atoms with van der Waals surface area (Å²) in [5, 5.41) is 0. The zero-order valence-corrected chi connectivity index (χ0v) is 15.7. The number of methoxy groups -OCH3 is 1. The molecule has 4 N–H and O–H groups in total. The number of halogens is 1. The number of hydrogen-bond donors (Lipinski definition) is 2. The van der Waals surface area contributed by atoms with Crippen LogP contribution in [0.1, 0.15) is 11.1 Å². The molecule has 0 saturated carbocycles. The summed E-state index contributed by atoms with van der Waals surface area (Å²) in [4.78, 5) is 0.436. The first-order valence-electron chi connectivity index (χ1n) is 6.43. The molecule has 6 heteroatoms. The van der Waals surface area contributed by atoms with E-state index < -0.39 is 5.41 Å². The van der Waals surface area contributed by atoms with Gasteiger partial charge in [-0.05, 0) is 58.0 Å². The molecule has 0 atom stereocenters. The van der Waals surface area contributed by atoms with Crippen molar-refractivity contribution in [3.63, 3.8) is 0 Å². The van der Waals surface area contributed by atoms with Crippen LogP contribution in [0.3, 0.4) is 0 Å². The summed E-state index contributed by atoms with van der Waals surface area (Å²) in [5.41, 5.74) is 12.9. The molecule has 0 bridgehead atoms. The molecule has 0 unspecified atom stereocenters. The van der Waals surface area contributed by atoms with Gasteiger partial charge >= 0.3 is 0 Å². The molecule has 114 valence electrons. The van der Waals surface area contributed by atoms with Crippen LogP contribution in [0.5, 0.6) is 5.75 Å². The van der Waals surface area contributed by atoms with Gasteiger partial charge in [0, 0.05) is 3.57 Å². The second-order valence-corrected chi connectivity index (χ2v) is 6.85. The summed E-state index contributed by atoms with van der Waals surface area (Å²) in [5.74, 6) is 0.694. The average Bonchev–Trinajstić information content (AvgIpc) is 2.47. The summed E-state index contributed by atoms with van der Waals surface area (Å²) in [6, 6.07) is 15.3. The zero-order chi connectivity index (χ0) is 16.3. The molecule has 0 aliphatic carbocycles. The maximum absolute atomic E-state index is 6.10. The number of thiocarbonyl (C=S) groups is 2. The van der Waals surface area contributed by atoms with E-state index in [1.54, 1.807) is 7.11 Å². The van der Waals surface area contributed by atoms with Gasteiger partial charge in [-0.25, -0.2) is 0 Å². The lowest BCUT2D eigenvalue weighted by atomic mass is 9.74. The van der Waals surface area contributed by atoms with Gasteiger partial charge in [-0.15, -0.1) is 0 Å². The fourth-order valence-electron chi connectivity index (χ4n) is 2.44. The van der Waals surface area contributed by atoms with Crippen molar-refractivity contribution in [1.82, 2.24) is 0 Å². The van der Waals surface area contributed by atoms with Gasteiger partial charge in [-0.2, -0.15) is 0 Å². The minimum absolute atomic E-state index is 0.218. The molecule has 0 radical (unpaired) electrons. The van der Waals surface area contributed by atoms with Crippen LogP contribution < -0.4 is 16.2 Å². The van der Waals surface area contributed by atoms with Gasteiger partial charge < -0.3 is 16.2 Å². The van der Waals surface area contributed by atoms with E-state index in [4.69, 9.17) is 40.6 Å². The van der Waals surface area contributed by atoms with Crippen LogP contribution in [0.4, 0.5) is 0 Å². The molecule has 0 spiro atoms. The molecule has 2 rings (SSSR count). The molecule has 22 heavy (non-hydrogen) atoms. The van der Waals surface area contributed by atoms with Gasteiger partial charge in [0.15, 0.2) is 0 Å². The number of nitrogens with two attached hydrogens (primary N) is 2. The van der Waals surface area contributed by atoms with Crippen LogP contribution in [0.25, 0.3) is 0 Å². The summed E-state index contributed by atoms with van der Waals surface area (Å²) in [6.45, 7) is 0. The van der Waals surface area contributed by atoms with Gasteiger partial charge in [0.2, 0.25) is 0 Å².